The highest BCUT2D eigenvalue weighted by Gasteiger charge is 2.14. The summed E-state index contributed by atoms with van der Waals surface area (Å²) in [6, 6.07) is 7.66. The van der Waals surface area contributed by atoms with Crippen LogP contribution in [-0.2, 0) is 6.54 Å². The number of aliphatic imine (C=N–C) groups is 1. The second-order valence-electron chi connectivity index (χ2n) is 5.75. The van der Waals surface area contributed by atoms with Gasteiger partial charge < -0.3 is 15.4 Å². The Kier molecular flexibility index (Phi) is 7.10. The van der Waals surface area contributed by atoms with Crippen molar-refractivity contribution in [1.82, 2.24) is 10.6 Å². The van der Waals surface area contributed by atoms with Crippen LogP contribution in [0, 0.1) is 0 Å². The number of hydrogen-bond donors (Lipinski definition) is 2. The number of ether oxygens (including phenoxy) is 1. The first kappa shape index (κ1) is 17.5. The molecule has 0 unspecified atom stereocenters. The Hall–Kier alpha value is -1.85. The topological polar surface area (TPSA) is 45.7 Å². The lowest BCUT2D eigenvalue weighted by Crippen LogP contribution is -2.43. The number of benzene rings is 1. The van der Waals surface area contributed by atoms with Crippen LogP contribution in [0.25, 0.3) is 0 Å². The molecule has 0 radical (unpaired) electrons. The average molecular weight is 325 g/mol. The van der Waals surface area contributed by atoms with Crippen molar-refractivity contribution in [2.45, 2.75) is 51.1 Å². The van der Waals surface area contributed by atoms with Gasteiger partial charge in [0.2, 0.25) is 0 Å². The number of rotatable bonds is 6. The van der Waals surface area contributed by atoms with Crippen LogP contribution in [0.3, 0.4) is 0 Å². The van der Waals surface area contributed by atoms with Crippen molar-refractivity contribution in [1.29, 1.82) is 0 Å². The van der Waals surface area contributed by atoms with E-state index in [0.29, 0.717) is 18.3 Å². The predicted octanol–water partition coefficient (Wildman–Crippen LogP) is 3.33. The first-order valence-corrected chi connectivity index (χ1v) is 8.14. The fourth-order valence-corrected chi connectivity index (χ4v) is 2.73. The van der Waals surface area contributed by atoms with E-state index in [4.69, 9.17) is 4.74 Å². The molecule has 1 fully saturated rings. The lowest BCUT2D eigenvalue weighted by molar-refractivity contribution is 0.0818. The molecule has 1 aliphatic rings. The van der Waals surface area contributed by atoms with Gasteiger partial charge in [0.15, 0.2) is 5.96 Å². The van der Waals surface area contributed by atoms with Gasteiger partial charge >= 0.3 is 0 Å². The minimum atomic E-state index is -2.46. The Balaban J connectivity index is 1.82. The van der Waals surface area contributed by atoms with Crippen LogP contribution in [0.15, 0.2) is 29.3 Å². The first-order chi connectivity index (χ1) is 11.2. The molecular formula is C17H25F2N3O. The molecule has 23 heavy (non-hydrogen) atoms. The quantitative estimate of drug-likeness (QED) is 0.623. The van der Waals surface area contributed by atoms with Gasteiger partial charge in [0, 0.05) is 19.6 Å². The van der Waals surface area contributed by atoms with Crippen LogP contribution in [0.2, 0.25) is 0 Å². The summed E-state index contributed by atoms with van der Waals surface area (Å²) in [6.45, 7) is -0.0138. The van der Waals surface area contributed by atoms with Crippen molar-refractivity contribution in [3.8, 4) is 5.75 Å². The van der Waals surface area contributed by atoms with E-state index in [-0.39, 0.29) is 0 Å². The van der Waals surface area contributed by atoms with Crippen molar-refractivity contribution in [3.63, 3.8) is 0 Å². The number of nitrogens with zero attached hydrogens (tertiary/aromatic N) is 1. The second-order valence-corrected chi connectivity index (χ2v) is 5.75. The van der Waals surface area contributed by atoms with Crippen molar-refractivity contribution in [3.05, 3.63) is 29.8 Å². The summed E-state index contributed by atoms with van der Waals surface area (Å²) in [7, 11) is 1.75. The second kappa shape index (κ2) is 9.33. The SMILES string of the molecule is CN=C(NCc1cccc(OCC(F)F)c1)NC1CCCCC1. The molecule has 1 saturated carbocycles. The third-order valence-electron chi connectivity index (χ3n) is 3.90. The van der Waals surface area contributed by atoms with Crippen LogP contribution in [-0.4, -0.2) is 32.1 Å². The normalized spacial score (nSPS) is 16.4. The van der Waals surface area contributed by atoms with Gasteiger partial charge in [-0.1, -0.05) is 31.4 Å². The van der Waals surface area contributed by atoms with Crippen LogP contribution in [0.5, 0.6) is 5.75 Å². The lowest BCUT2D eigenvalue weighted by Gasteiger charge is -2.24. The van der Waals surface area contributed by atoms with E-state index in [9.17, 15) is 8.78 Å². The summed E-state index contributed by atoms with van der Waals surface area (Å²) in [5, 5.41) is 6.70. The van der Waals surface area contributed by atoms with Crippen molar-refractivity contribution >= 4 is 5.96 Å². The highest BCUT2D eigenvalue weighted by Crippen LogP contribution is 2.17. The lowest BCUT2D eigenvalue weighted by atomic mass is 9.96. The highest BCUT2D eigenvalue weighted by molar-refractivity contribution is 5.79. The molecule has 1 aromatic rings. The highest BCUT2D eigenvalue weighted by atomic mass is 19.3. The summed E-state index contributed by atoms with van der Waals surface area (Å²) in [5.74, 6) is 1.23. The van der Waals surface area contributed by atoms with E-state index in [1.165, 1.54) is 32.1 Å². The Morgan fingerprint density at radius 3 is 2.78 bits per heavy atom. The molecule has 0 aliphatic heterocycles. The number of guanidine groups is 1. The summed E-state index contributed by atoms with van der Waals surface area (Å²) < 4.78 is 29.4. The zero-order valence-corrected chi connectivity index (χ0v) is 13.5. The number of halogens is 2. The molecule has 0 bridgehead atoms. The summed E-state index contributed by atoms with van der Waals surface area (Å²) in [4.78, 5) is 4.24. The minimum absolute atomic E-state index is 0.458. The summed E-state index contributed by atoms with van der Waals surface area (Å²) in [5.41, 5.74) is 0.961. The maximum absolute atomic E-state index is 12.2. The van der Waals surface area contributed by atoms with Gasteiger partial charge in [-0.25, -0.2) is 8.78 Å². The van der Waals surface area contributed by atoms with Crippen molar-refractivity contribution in [2.75, 3.05) is 13.7 Å². The van der Waals surface area contributed by atoms with Crippen LogP contribution < -0.4 is 15.4 Å². The number of nitrogens with one attached hydrogen (secondary N) is 2. The third-order valence-corrected chi connectivity index (χ3v) is 3.90. The molecule has 0 aromatic heterocycles. The van der Waals surface area contributed by atoms with E-state index >= 15 is 0 Å². The molecule has 1 aromatic carbocycles. The molecule has 6 heteroatoms. The van der Waals surface area contributed by atoms with E-state index in [1.807, 2.05) is 6.07 Å². The average Bonchev–Trinajstić information content (AvgIpc) is 2.58. The van der Waals surface area contributed by atoms with Crippen molar-refractivity contribution in [2.24, 2.45) is 4.99 Å². The van der Waals surface area contributed by atoms with Gasteiger partial charge in [-0.2, -0.15) is 0 Å². The fourth-order valence-electron chi connectivity index (χ4n) is 2.73. The van der Waals surface area contributed by atoms with Gasteiger partial charge in [0.1, 0.15) is 12.4 Å². The van der Waals surface area contributed by atoms with E-state index in [2.05, 4.69) is 15.6 Å². The van der Waals surface area contributed by atoms with Gasteiger partial charge in [0.25, 0.3) is 6.43 Å². The molecule has 1 aliphatic carbocycles. The number of alkyl halides is 2. The molecule has 2 rings (SSSR count). The smallest absolute Gasteiger partial charge is 0.272 e. The molecule has 128 valence electrons. The van der Waals surface area contributed by atoms with Gasteiger partial charge in [-0.3, -0.25) is 4.99 Å². The molecule has 0 atom stereocenters. The largest absolute Gasteiger partial charge is 0.488 e. The number of hydrogen-bond acceptors (Lipinski definition) is 2. The Morgan fingerprint density at radius 1 is 1.30 bits per heavy atom. The van der Waals surface area contributed by atoms with E-state index in [1.54, 1.807) is 25.2 Å². The Bertz CT molecular complexity index is 502. The maximum atomic E-state index is 12.2. The van der Waals surface area contributed by atoms with Crippen LogP contribution >= 0.6 is 0 Å². The third kappa shape index (κ3) is 6.42. The van der Waals surface area contributed by atoms with Gasteiger partial charge in [-0.15, -0.1) is 0 Å². The molecule has 0 saturated heterocycles. The van der Waals surface area contributed by atoms with Crippen molar-refractivity contribution < 1.29 is 13.5 Å². The molecule has 0 spiro atoms. The standard InChI is InChI=1S/C17H25F2N3O/c1-20-17(22-14-7-3-2-4-8-14)21-11-13-6-5-9-15(10-13)23-12-16(18)19/h5-6,9-10,14,16H,2-4,7-8,11-12H2,1H3,(H2,20,21,22). The molecule has 0 heterocycles. The first-order valence-electron chi connectivity index (χ1n) is 8.14. The predicted molar refractivity (Wildman–Crippen MR) is 88.1 cm³/mol. The maximum Gasteiger partial charge on any atom is 0.272 e. The molecule has 2 N–H and O–H groups in total. The molecule has 4 nitrogen and oxygen atoms in total. The van der Waals surface area contributed by atoms with Crippen LogP contribution in [0.1, 0.15) is 37.7 Å². The van der Waals surface area contributed by atoms with Gasteiger partial charge in [-0.05, 0) is 30.5 Å². The summed E-state index contributed by atoms with van der Waals surface area (Å²) in [6.07, 6.45) is 3.73. The van der Waals surface area contributed by atoms with Crippen LogP contribution in [0.4, 0.5) is 8.78 Å². The minimum Gasteiger partial charge on any atom is -0.488 e. The molecule has 0 amide bonds. The Labute approximate surface area is 136 Å². The Morgan fingerprint density at radius 2 is 2.09 bits per heavy atom. The van der Waals surface area contributed by atoms with E-state index < -0.39 is 13.0 Å². The summed E-state index contributed by atoms with van der Waals surface area (Å²) >= 11 is 0. The fraction of sp³-hybridized carbons (Fsp3) is 0.588. The van der Waals surface area contributed by atoms with E-state index in [0.717, 1.165) is 11.5 Å². The van der Waals surface area contributed by atoms with Gasteiger partial charge in [0.05, 0.1) is 0 Å². The molecular weight excluding hydrogens is 300 g/mol. The zero-order valence-electron chi connectivity index (χ0n) is 13.5. The zero-order chi connectivity index (χ0) is 16.5. The monoisotopic (exact) mass is 325 g/mol.